The van der Waals surface area contributed by atoms with E-state index in [-0.39, 0.29) is 5.84 Å². The molecule has 16 heavy (non-hydrogen) atoms. The number of pyridine rings is 1. The van der Waals surface area contributed by atoms with Crippen molar-refractivity contribution in [2.24, 2.45) is 10.9 Å². The SMILES string of the molecule is COc1c(/C(N)=N/O)cnc2ccccc12. The van der Waals surface area contributed by atoms with Gasteiger partial charge in [-0.1, -0.05) is 17.3 Å². The van der Waals surface area contributed by atoms with Gasteiger partial charge in [-0.3, -0.25) is 4.98 Å². The minimum atomic E-state index is -0.0184. The Kier molecular flexibility index (Phi) is 2.59. The van der Waals surface area contributed by atoms with Gasteiger partial charge in [0.25, 0.3) is 0 Å². The van der Waals surface area contributed by atoms with Crippen molar-refractivity contribution < 1.29 is 9.94 Å². The summed E-state index contributed by atoms with van der Waals surface area (Å²) in [6.07, 6.45) is 1.52. The third-order valence-corrected chi connectivity index (χ3v) is 2.31. The van der Waals surface area contributed by atoms with E-state index in [1.807, 2.05) is 24.3 Å². The molecule has 0 radical (unpaired) electrons. The van der Waals surface area contributed by atoms with Gasteiger partial charge in [0.05, 0.1) is 18.2 Å². The van der Waals surface area contributed by atoms with Crippen molar-refractivity contribution in [2.45, 2.75) is 0 Å². The fourth-order valence-corrected chi connectivity index (χ4v) is 1.57. The number of para-hydroxylation sites is 1. The molecule has 5 nitrogen and oxygen atoms in total. The van der Waals surface area contributed by atoms with Gasteiger partial charge < -0.3 is 15.7 Å². The van der Waals surface area contributed by atoms with E-state index < -0.39 is 0 Å². The van der Waals surface area contributed by atoms with Crippen LogP contribution in [-0.4, -0.2) is 23.1 Å². The van der Waals surface area contributed by atoms with Crippen molar-refractivity contribution in [1.82, 2.24) is 4.98 Å². The zero-order chi connectivity index (χ0) is 11.5. The van der Waals surface area contributed by atoms with Crippen LogP contribution < -0.4 is 10.5 Å². The molecular weight excluding hydrogens is 206 g/mol. The quantitative estimate of drug-likeness (QED) is 0.344. The minimum absolute atomic E-state index is 0.0184. The molecule has 0 aliphatic rings. The number of nitrogens with two attached hydrogens (primary N) is 1. The summed E-state index contributed by atoms with van der Waals surface area (Å²) in [6.45, 7) is 0. The van der Waals surface area contributed by atoms with Crippen LogP contribution in [0.4, 0.5) is 0 Å². The molecule has 0 saturated carbocycles. The number of benzene rings is 1. The van der Waals surface area contributed by atoms with E-state index in [4.69, 9.17) is 15.7 Å². The predicted molar refractivity (Wildman–Crippen MR) is 60.8 cm³/mol. The Morgan fingerprint density at radius 3 is 2.88 bits per heavy atom. The Morgan fingerprint density at radius 1 is 1.44 bits per heavy atom. The maximum absolute atomic E-state index is 8.66. The lowest BCUT2D eigenvalue weighted by Gasteiger charge is -2.09. The minimum Gasteiger partial charge on any atom is -0.495 e. The number of nitrogens with zero attached hydrogens (tertiary/aromatic N) is 2. The highest BCUT2D eigenvalue weighted by Gasteiger charge is 2.12. The summed E-state index contributed by atoms with van der Waals surface area (Å²) in [5.74, 6) is 0.538. The number of hydrogen-bond acceptors (Lipinski definition) is 4. The Bertz CT molecular complexity index is 552. The lowest BCUT2D eigenvalue weighted by atomic mass is 10.1. The van der Waals surface area contributed by atoms with Gasteiger partial charge in [0, 0.05) is 11.6 Å². The van der Waals surface area contributed by atoms with Gasteiger partial charge >= 0.3 is 0 Å². The van der Waals surface area contributed by atoms with Gasteiger partial charge in [-0.25, -0.2) is 0 Å². The van der Waals surface area contributed by atoms with Crippen molar-refractivity contribution in [3.63, 3.8) is 0 Å². The first-order valence-electron chi connectivity index (χ1n) is 4.67. The number of ether oxygens (including phenoxy) is 1. The van der Waals surface area contributed by atoms with Crippen LogP contribution >= 0.6 is 0 Å². The lowest BCUT2D eigenvalue weighted by Crippen LogP contribution is -2.15. The third kappa shape index (κ3) is 1.52. The molecular formula is C11H11N3O2. The second-order valence-corrected chi connectivity index (χ2v) is 3.21. The Morgan fingerprint density at radius 2 is 2.19 bits per heavy atom. The summed E-state index contributed by atoms with van der Waals surface area (Å²) in [4.78, 5) is 4.21. The molecule has 1 aromatic carbocycles. The number of hydrogen-bond donors (Lipinski definition) is 2. The number of amidine groups is 1. The fraction of sp³-hybridized carbons (Fsp3) is 0.0909. The normalized spacial score (nSPS) is 11.7. The van der Waals surface area contributed by atoms with Crippen LogP contribution in [0.5, 0.6) is 5.75 Å². The van der Waals surface area contributed by atoms with Crippen LogP contribution in [0, 0.1) is 0 Å². The molecule has 0 saturated heterocycles. The van der Waals surface area contributed by atoms with Crippen molar-refractivity contribution in [3.05, 3.63) is 36.0 Å². The van der Waals surface area contributed by atoms with Gasteiger partial charge in [0.15, 0.2) is 5.84 Å². The van der Waals surface area contributed by atoms with Crippen LogP contribution in [0.15, 0.2) is 35.6 Å². The summed E-state index contributed by atoms with van der Waals surface area (Å²) in [7, 11) is 1.54. The van der Waals surface area contributed by atoms with E-state index in [1.165, 1.54) is 13.3 Å². The van der Waals surface area contributed by atoms with Crippen molar-refractivity contribution in [3.8, 4) is 5.75 Å². The van der Waals surface area contributed by atoms with Crippen LogP contribution in [0.1, 0.15) is 5.56 Å². The first kappa shape index (κ1) is 10.2. The van der Waals surface area contributed by atoms with E-state index in [0.717, 1.165) is 10.9 Å². The molecule has 3 N–H and O–H groups in total. The highest BCUT2D eigenvalue weighted by Crippen LogP contribution is 2.27. The molecule has 0 spiro atoms. The summed E-state index contributed by atoms with van der Waals surface area (Å²) in [5.41, 5.74) is 6.82. The fourth-order valence-electron chi connectivity index (χ4n) is 1.57. The summed E-state index contributed by atoms with van der Waals surface area (Å²) >= 11 is 0. The molecule has 2 aromatic rings. The molecule has 0 atom stereocenters. The second-order valence-electron chi connectivity index (χ2n) is 3.21. The van der Waals surface area contributed by atoms with E-state index in [0.29, 0.717) is 11.3 Å². The summed E-state index contributed by atoms with van der Waals surface area (Å²) in [6, 6.07) is 7.50. The monoisotopic (exact) mass is 217 g/mol. The maximum atomic E-state index is 8.66. The Balaban J connectivity index is 2.78. The maximum Gasteiger partial charge on any atom is 0.175 e. The Labute approximate surface area is 92.2 Å². The summed E-state index contributed by atoms with van der Waals surface area (Å²) < 4.78 is 5.27. The highest BCUT2D eigenvalue weighted by atomic mass is 16.5. The first-order valence-corrected chi connectivity index (χ1v) is 4.67. The highest BCUT2D eigenvalue weighted by molar-refractivity contribution is 6.04. The lowest BCUT2D eigenvalue weighted by molar-refractivity contribution is 0.318. The average molecular weight is 217 g/mol. The topological polar surface area (TPSA) is 80.7 Å². The van der Waals surface area contributed by atoms with Gasteiger partial charge in [-0.2, -0.15) is 0 Å². The number of methoxy groups -OCH3 is 1. The second kappa shape index (κ2) is 4.06. The van der Waals surface area contributed by atoms with Gasteiger partial charge in [-0.15, -0.1) is 0 Å². The van der Waals surface area contributed by atoms with E-state index in [2.05, 4.69) is 10.1 Å². The molecule has 0 unspecified atom stereocenters. The van der Waals surface area contributed by atoms with Gasteiger partial charge in [0.1, 0.15) is 5.75 Å². The summed E-state index contributed by atoms with van der Waals surface area (Å²) in [5, 5.41) is 12.4. The van der Waals surface area contributed by atoms with Gasteiger partial charge in [0.2, 0.25) is 0 Å². The van der Waals surface area contributed by atoms with Gasteiger partial charge in [-0.05, 0) is 12.1 Å². The number of oxime groups is 1. The van der Waals surface area contributed by atoms with Crippen molar-refractivity contribution >= 4 is 16.7 Å². The molecule has 82 valence electrons. The molecule has 0 aliphatic heterocycles. The number of aromatic nitrogens is 1. The van der Waals surface area contributed by atoms with Crippen molar-refractivity contribution in [1.29, 1.82) is 0 Å². The standard InChI is InChI=1S/C11H11N3O2/c1-16-10-7-4-2-3-5-9(7)13-6-8(10)11(12)14-15/h2-6,15H,1H3,(H2,12,14). The van der Waals surface area contributed by atoms with Crippen LogP contribution in [0.3, 0.4) is 0 Å². The van der Waals surface area contributed by atoms with E-state index in [9.17, 15) is 0 Å². The first-order chi connectivity index (χ1) is 7.77. The van der Waals surface area contributed by atoms with E-state index >= 15 is 0 Å². The molecule has 1 aromatic heterocycles. The Hall–Kier alpha value is -2.30. The average Bonchev–Trinajstić information content (AvgIpc) is 2.36. The number of fused-ring (bicyclic) bond motifs is 1. The molecule has 0 amide bonds. The molecule has 0 fully saturated rings. The zero-order valence-corrected chi connectivity index (χ0v) is 8.71. The number of rotatable bonds is 2. The van der Waals surface area contributed by atoms with Crippen LogP contribution in [0.25, 0.3) is 10.9 Å². The molecule has 0 aliphatic carbocycles. The molecule has 5 heteroatoms. The smallest absolute Gasteiger partial charge is 0.175 e. The molecule has 2 rings (SSSR count). The predicted octanol–water partition coefficient (Wildman–Crippen LogP) is 1.34. The van der Waals surface area contributed by atoms with Crippen LogP contribution in [0.2, 0.25) is 0 Å². The van der Waals surface area contributed by atoms with Crippen molar-refractivity contribution in [2.75, 3.05) is 7.11 Å². The molecule has 0 bridgehead atoms. The molecule has 1 heterocycles. The third-order valence-electron chi connectivity index (χ3n) is 2.31. The van der Waals surface area contributed by atoms with Crippen LogP contribution in [-0.2, 0) is 0 Å². The van der Waals surface area contributed by atoms with E-state index in [1.54, 1.807) is 0 Å². The largest absolute Gasteiger partial charge is 0.495 e. The zero-order valence-electron chi connectivity index (χ0n) is 8.71.